The fourth-order valence-corrected chi connectivity index (χ4v) is 1.87. The molecule has 1 saturated heterocycles. The summed E-state index contributed by atoms with van der Waals surface area (Å²) >= 11 is 0. The third kappa shape index (κ3) is 2.11. The minimum Gasteiger partial charge on any atom is -0.389 e. The molecule has 1 heterocycles. The largest absolute Gasteiger partial charge is 0.389 e. The molecule has 13 heavy (non-hydrogen) atoms. The Morgan fingerprint density at radius 3 is 2.69 bits per heavy atom. The van der Waals surface area contributed by atoms with Gasteiger partial charge in [-0.05, 0) is 24.3 Å². The Labute approximate surface area is 79.5 Å². The van der Waals surface area contributed by atoms with Gasteiger partial charge in [-0.1, -0.05) is 36.9 Å². The van der Waals surface area contributed by atoms with Crippen molar-refractivity contribution in [2.75, 3.05) is 6.54 Å². The zero-order valence-electron chi connectivity index (χ0n) is 7.79. The molecular formula is C12H15N. The van der Waals surface area contributed by atoms with E-state index in [1.807, 2.05) is 0 Å². The topological polar surface area (TPSA) is 12.0 Å². The van der Waals surface area contributed by atoms with Crippen molar-refractivity contribution < 1.29 is 0 Å². The van der Waals surface area contributed by atoms with Crippen LogP contribution in [0.25, 0.3) is 0 Å². The van der Waals surface area contributed by atoms with Crippen molar-refractivity contribution in [1.82, 2.24) is 5.32 Å². The molecule has 2 rings (SSSR count). The van der Waals surface area contributed by atoms with Gasteiger partial charge in [0.2, 0.25) is 0 Å². The zero-order chi connectivity index (χ0) is 9.10. The first-order valence-electron chi connectivity index (χ1n) is 4.80. The Balaban J connectivity index is 1.96. The number of nitrogens with one attached hydrogen (secondary N) is 1. The Morgan fingerprint density at radius 2 is 2.08 bits per heavy atom. The van der Waals surface area contributed by atoms with Gasteiger partial charge in [-0.25, -0.2) is 0 Å². The molecule has 1 aromatic rings. The van der Waals surface area contributed by atoms with Crippen molar-refractivity contribution in [3.05, 3.63) is 48.2 Å². The van der Waals surface area contributed by atoms with Gasteiger partial charge in [0.1, 0.15) is 0 Å². The molecule has 0 aliphatic carbocycles. The summed E-state index contributed by atoms with van der Waals surface area (Å²) in [6, 6.07) is 10.7. The van der Waals surface area contributed by atoms with E-state index >= 15 is 0 Å². The monoisotopic (exact) mass is 173 g/mol. The molecule has 1 heteroatoms. The maximum atomic E-state index is 3.93. The van der Waals surface area contributed by atoms with E-state index in [2.05, 4.69) is 42.2 Å². The second kappa shape index (κ2) is 3.65. The molecule has 1 aromatic carbocycles. The van der Waals surface area contributed by atoms with Crippen LogP contribution in [0.1, 0.15) is 12.0 Å². The van der Waals surface area contributed by atoms with E-state index < -0.39 is 0 Å². The van der Waals surface area contributed by atoms with Gasteiger partial charge < -0.3 is 5.32 Å². The minimum atomic E-state index is 0.745. The molecule has 0 spiro atoms. The van der Waals surface area contributed by atoms with Crippen LogP contribution in [-0.4, -0.2) is 6.54 Å². The van der Waals surface area contributed by atoms with Gasteiger partial charge in [0.25, 0.3) is 0 Å². The van der Waals surface area contributed by atoms with Crippen LogP contribution in [0.5, 0.6) is 0 Å². The van der Waals surface area contributed by atoms with Crippen LogP contribution in [0, 0.1) is 5.92 Å². The van der Waals surface area contributed by atoms with E-state index in [-0.39, 0.29) is 0 Å². The maximum Gasteiger partial charge on any atom is 0.0179 e. The Morgan fingerprint density at radius 1 is 1.31 bits per heavy atom. The lowest BCUT2D eigenvalue weighted by Gasteiger charge is -2.06. The molecule has 0 aromatic heterocycles. The highest BCUT2D eigenvalue weighted by molar-refractivity contribution is 5.16. The maximum absolute atomic E-state index is 3.93. The molecule has 1 aliphatic rings. The summed E-state index contributed by atoms with van der Waals surface area (Å²) in [5, 5.41) is 3.30. The summed E-state index contributed by atoms with van der Waals surface area (Å²) in [7, 11) is 0. The second-order valence-electron chi connectivity index (χ2n) is 3.74. The summed E-state index contributed by atoms with van der Waals surface area (Å²) in [5.41, 5.74) is 2.63. The summed E-state index contributed by atoms with van der Waals surface area (Å²) < 4.78 is 0. The van der Waals surface area contributed by atoms with Gasteiger partial charge in [-0.3, -0.25) is 0 Å². The lowest BCUT2D eigenvalue weighted by Crippen LogP contribution is -2.09. The van der Waals surface area contributed by atoms with Gasteiger partial charge in [0.05, 0.1) is 0 Å². The SMILES string of the molecule is C=C1CC(Cc2ccccc2)CN1. The predicted octanol–water partition coefficient (Wildman–Crippen LogP) is 2.35. The highest BCUT2D eigenvalue weighted by Crippen LogP contribution is 2.19. The highest BCUT2D eigenvalue weighted by Gasteiger charge is 2.17. The van der Waals surface area contributed by atoms with E-state index in [1.54, 1.807) is 0 Å². The summed E-state index contributed by atoms with van der Waals surface area (Å²) in [5.74, 6) is 0.745. The van der Waals surface area contributed by atoms with Gasteiger partial charge in [-0.15, -0.1) is 0 Å². The van der Waals surface area contributed by atoms with Crippen LogP contribution in [0.3, 0.4) is 0 Å². The zero-order valence-corrected chi connectivity index (χ0v) is 7.79. The normalized spacial score (nSPS) is 21.5. The van der Waals surface area contributed by atoms with Crippen molar-refractivity contribution in [1.29, 1.82) is 0 Å². The van der Waals surface area contributed by atoms with Crippen LogP contribution in [0.2, 0.25) is 0 Å². The Bertz CT molecular complexity index is 289. The fraction of sp³-hybridized carbons (Fsp3) is 0.333. The van der Waals surface area contributed by atoms with Crippen LogP contribution in [0.15, 0.2) is 42.6 Å². The third-order valence-corrected chi connectivity index (χ3v) is 2.54. The third-order valence-electron chi connectivity index (χ3n) is 2.54. The van der Waals surface area contributed by atoms with E-state index in [0.29, 0.717) is 0 Å². The van der Waals surface area contributed by atoms with Gasteiger partial charge in [0.15, 0.2) is 0 Å². The van der Waals surface area contributed by atoms with Crippen LogP contribution in [0.4, 0.5) is 0 Å². The quantitative estimate of drug-likeness (QED) is 0.724. The predicted molar refractivity (Wildman–Crippen MR) is 55.4 cm³/mol. The second-order valence-corrected chi connectivity index (χ2v) is 3.74. The lowest BCUT2D eigenvalue weighted by molar-refractivity contribution is 0.583. The first-order chi connectivity index (χ1) is 6.34. The molecule has 0 bridgehead atoms. The number of benzene rings is 1. The van der Waals surface area contributed by atoms with E-state index in [1.165, 1.54) is 17.7 Å². The van der Waals surface area contributed by atoms with Crippen molar-refractivity contribution in [2.24, 2.45) is 5.92 Å². The summed E-state index contributed by atoms with van der Waals surface area (Å²) in [6.45, 7) is 5.03. The van der Waals surface area contributed by atoms with Crippen LogP contribution in [-0.2, 0) is 6.42 Å². The van der Waals surface area contributed by atoms with Crippen molar-refractivity contribution >= 4 is 0 Å². The molecule has 68 valence electrons. The van der Waals surface area contributed by atoms with Gasteiger partial charge >= 0.3 is 0 Å². The van der Waals surface area contributed by atoms with E-state index in [4.69, 9.17) is 0 Å². The molecule has 1 nitrogen and oxygen atoms in total. The van der Waals surface area contributed by atoms with Crippen molar-refractivity contribution in [3.8, 4) is 0 Å². The highest BCUT2D eigenvalue weighted by atomic mass is 14.9. The minimum absolute atomic E-state index is 0.745. The lowest BCUT2D eigenvalue weighted by atomic mass is 9.98. The standard InChI is InChI=1S/C12H15N/c1-10-7-12(9-13-10)8-11-5-3-2-4-6-11/h2-6,12-13H,1,7-9H2. The number of allylic oxidation sites excluding steroid dienone is 1. The first-order valence-corrected chi connectivity index (χ1v) is 4.80. The molecule has 1 N–H and O–H groups in total. The van der Waals surface area contributed by atoms with Crippen LogP contribution < -0.4 is 5.32 Å². The van der Waals surface area contributed by atoms with Crippen LogP contribution >= 0.6 is 0 Å². The number of hydrogen-bond donors (Lipinski definition) is 1. The molecular weight excluding hydrogens is 158 g/mol. The summed E-state index contributed by atoms with van der Waals surface area (Å²) in [6.07, 6.45) is 2.31. The molecule has 1 atom stereocenters. The molecule has 0 amide bonds. The molecule has 1 aliphatic heterocycles. The Kier molecular flexibility index (Phi) is 2.35. The number of hydrogen-bond acceptors (Lipinski definition) is 1. The fourth-order valence-electron chi connectivity index (χ4n) is 1.87. The molecule has 0 saturated carbocycles. The van der Waals surface area contributed by atoms with E-state index in [9.17, 15) is 0 Å². The van der Waals surface area contributed by atoms with Gasteiger partial charge in [0, 0.05) is 12.2 Å². The smallest absolute Gasteiger partial charge is 0.0179 e. The average molecular weight is 173 g/mol. The molecule has 0 radical (unpaired) electrons. The molecule has 1 unspecified atom stereocenters. The Hall–Kier alpha value is -1.24. The van der Waals surface area contributed by atoms with Gasteiger partial charge in [-0.2, -0.15) is 0 Å². The van der Waals surface area contributed by atoms with Crippen molar-refractivity contribution in [2.45, 2.75) is 12.8 Å². The van der Waals surface area contributed by atoms with E-state index in [0.717, 1.165) is 18.9 Å². The summed E-state index contributed by atoms with van der Waals surface area (Å²) in [4.78, 5) is 0. The molecule has 1 fully saturated rings. The van der Waals surface area contributed by atoms with Crippen molar-refractivity contribution in [3.63, 3.8) is 0 Å². The number of rotatable bonds is 2. The average Bonchev–Trinajstić information content (AvgIpc) is 2.53. The first kappa shape index (κ1) is 8.36.